The first-order chi connectivity index (χ1) is 17.1. The fraction of sp³-hybridized carbons (Fsp3) is 0.222. The lowest BCUT2D eigenvalue weighted by atomic mass is 10.1. The molecule has 0 amide bonds. The minimum absolute atomic E-state index is 0.124. The molecule has 4 aromatic rings. The third kappa shape index (κ3) is 5.07. The van der Waals surface area contributed by atoms with Crippen molar-refractivity contribution in [1.29, 1.82) is 0 Å². The zero-order valence-corrected chi connectivity index (χ0v) is 19.3. The lowest BCUT2D eigenvalue weighted by Gasteiger charge is -2.28. The van der Waals surface area contributed by atoms with E-state index in [1.165, 1.54) is 12.1 Å². The fourth-order valence-electron chi connectivity index (χ4n) is 4.28. The first kappa shape index (κ1) is 22.7. The smallest absolute Gasteiger partial charge is 0.261 e. The second-order valence-electron chi connectivity index (χ2n) is 8.54. The Kier molecular flexibility index (Phi) is 6.54. The number of guanidine groups is 1. The van der Waals surface area contributed by atoms with Gasteiger partial charge in [-0.3, -0.25) is 9.36 Å². The molecule has 1 aliphatic heterocycles. The first-order valence-electron chi connectivity index (χ1n) is 11.7. The molecule has 1 aromatic heterocycles. The maximum absolute atomic E-state index is 13.6. The monoisotopic (exact) mass is 470 g/mol. The topological polar surface area (TPSA) is 88.5 Å². The first-order valence-corrected chi connectivity index (χ1v) is 11.7. The van der Waals surface area contributed by atoms with Crippen LogP contribution in [0.25, 0.3) is 22.3 Å². The van der Waals surface area contributed by atoms with Gasteiger partial charge in [-0.1, -0.05) is 42.5 Å². The molecule has 0 spiro atoms. The van der Waals surface area contributed by atoms with Crippen LogP contribution in [0.4, 0.5) is 10.1 Å². The number of halogens is 1. The predicted molar refractivity (Wildman–Crippen MR) is 137 cm³/mol. The van der Waals surface area contributed by atoms with E-state index in [1.54, 1.807) is 28.8 Å². The lowest BCUT2D eigenvalue weighted by molar-refractivity contribution is 0.354. The van der Waals surface area contributed by atoms with Crippen LogP contribution in [0.2, 0.25) is 0 Å². The number of nitrogens with two attached hydrogens (primary N) is 1. The fourth-order valence-corrected chi connectivity index (χ4v) is 4.28. The summed E-state index contributed by atoms with van der Waals surface area (Å²) in [5, 5.41) is 3.82. The summed E-state index contributed by atoms with van der Waals surface area (Å²) >= 11 is 0. The van der Waals surface area contributed by atoms with Gasteiger partial charge in [0.2, 0.25) is 0 Å². The van der Waals surface area contributed by atoms with Gasteiger partial charge in [0, 0.05) is 38.3 Å². The van der Waals surface area contributed by atoms with E-state index in [-0.39, 0.29) is 11.4 Å². The van der Waals surface area contributed by atoms with Crippen LogP contribution < -0.4 is 16.6 Å². The molecule has 0 radical (unpaired) electrons. The normalized spacial score (nSPS) is 14.4. The number of rotatable bonds is 5. The number of aliphatic imine (C=N–C) groups is 1. The van der Waals surface area contributed by atoms with E-state index in [0.717, 1.165) is 37.3 Å². The van der Waals surface area contributed by atoms with Crippen LogP contribution in [0.1, 0.15) is 5.56 Å². The molecule has 1 saturated heterocycles. The molecular weight excluding hydrogens is 443 g/mol. The summed E-state index contributed by atoms with van der Waals surface area (Å²) in [5.41, 5.74) is 9.14. The van der Waals surface area contributed by atoms with Gasteiger partial charge in [0.15, 0.2) is 5.96 Å². The van der Waals surface area contributed by atoms with Crippen molar-refractivity contribution in [2.75, 3.05) is 26.2 Å². The second-order valence-corrected chi connectivity index (χ2v) is 8.54. The van der Waals surface area contributed by atoms with E-state index in [4.69, 9.17) is 10.7 Å². The van der Waals surface area contributed by atoms with Crippen LogP contribution in [-0.2, 0) is 13.0 Å². The molecule has 2 heterocycles. The molecule has 0 aliphatic carbocycles. The molecule has 5 rings (SSSR count). The lowest BCUT2D eigenvalue weighted by Crippen LogP contribution is -2.49. The second kappa shape index (κ2) is 10.1. The number of fused-ring (bicyclic) bond motifs is 1. The standard InChI is InChI=1S/C27H27FN6O/c28-21-8-6-19(7-9-21)12-15-34-25(20-4-2-1-3-5-20)32-24-18-22(10-11-23(24)26(34)35)31-27(29)33-16-13-30-14-17-33/h1-11,18,30H,12-17H2,(H2,29,31). The molecule has 0 unspecified atom stereocenters. The highest BCUT2D eigenvalue weighted by molar-refractivity contribution is 5.86. The quantitative estimate of drug-likeness (QED) is 0.345. The summed E-state index contributed by atoms with van der Waals surface area (Å²) in [4.78, 5) is 25.1. The molecule has 1 fully saturated rings. The summed E-state index contributed by atoms with van der Waals surface area (Å²) in [5.74, 6) is 0.766. The summed E-state index contributed by atoms with van der Waals surface area (Å²) < 4.78 is 15.0. The molecule has 3 aromatic carbocycles. The Balaban J connectivity index is 1.54. The van der Waals surface area contributed by atoms with Gasteiger partial charge in [-0.15, -0.1) is 0 Å². The maximum atomic E-state index is 13.6. The highest BCUT2D eigenvalue weighted by Gasteiger charge is 2.15. The van der Waals surface area contributed by atoms with Gasteiger partial charge >= 0.3 is 0 Å². The number of nitrogens with one attached hydrogen (secondary N) is 1. The van der Waals surface area contributed by atoms with Gasteiger partial charge in [0.1, 0.15) is 11.6 Å². The van der Waals surface area contributed by atoms with E-state index in [1.807, 2.05) is 41.3 Å². The Hall–Kier alpha value is -4.04. The maximum Gasteiger partial charge on any atom is 0.261 e. The van der Waals surface area contributed by atoms with E-state index < -0.39 is 0 Å². The number of aromatic nitrogens is 2. The molecule has 0 bridgehead atoms. The largest absolute Gasteiger partial charge is 0.369 e. The predicted octanol–water partition coefficient (Wildman–Crippen LogP) is 3.30. The summed E-state index contributed by atoms with van der Waals surface area (Å²) in [7, 11) is 0. The third-order valence-corrected chi connectivity index (χ3v) is 6.19. The number of hydrogen-bond donors (Lipinski definition) is 2. The van der Waals surface area contributed by atoms with E-state index in [0.29, 0.717) is 41.3 Å². The molecule has 0 saturated carbocycles. The van der Waals surface area contributed by atoms with Crippen LogP contribution in [0.5, 0.6) is 0 Å². The third-order valence-electron chi connectivity index (χ3n) is 6.19. The van der Waals surface area contributed by atoms with Crippen molar-refractivity contribution in [2.24, 2.45) is 10.7 Å². The number of hydrogen-bond acceptors (Lipinski definition) is 4. The molecule has 3 N–H and O–H groups in total. The summed E-state index contributed by atoms with van der Waals surface area (Å²) in [6.45, 7) is 3.77. The Labute approximate surface area is 202 Å². The van der Waals surface area contributed by atoms with Crippen LogP contribution in [0.15, 0.2) is 82.6 Å². The van der Waals surface area contributed by atoms with Crippen LogP contribution in [0, 0.1) is 5.82 Å². The summed E-state index contributed by atoms with van der Waals surface area (Å²) in [6, 6.07) is 21.4. The minimum Gasteiger partial charge on any atom is -0.369 e. The number of nitrogens with zero attached hydrogens (tertiary/aromatic N) is 4. The number of piperazine rings is 1. The highest BCUT2D eigenvalue weighted by atomic mass is 19.1. The van der Waals surface area contributed by atoms with E-state index >= 15 is 0 Å². The van der Waals surface area contributed by atoms with Crippen molar-refractivity contribution < 1.29 is 4.39 Å². The van der Waals surface area contributed by atoms with E-state index in [2.05, 4.69) is 10.3 Å². The van der Waals surface area contributed by atoms with Crippen molar-refractivity contribution >= 4 is 22.5 Å². The van der Waals surface area contributed by atoms with Gasteiger partial charge in [-0.25, -0.2) is 14.4 Å². The van der Waals surface area contributed by atoms with Gasteiger partial charge < -0.3 is 16.0 Å². The number of benzene rings is 3. The molecule has 7 nitrogen and oxygen atoms in total. The van der Waals surface area contributed by atoms with Crippen molar-refractivity contribution in [2.45, 2.75) is 13.0 Å². The van der Waals surface area contributed by atoms with Gasteiger partial charge in [0.25, 0.3) is 5.56 Å². The molecule has 8 heteroatoms. The van der Waals surface area contributed by atoms with Crippen molar-refractivity contribution in [1.82, 2.24) is 19.8 Å². The van der Waals surface area contributed by atoms with Crippen LogP contribution in [-0.4, -0.2) is 46.6 Å². The average Bonchev–Trinajstić information content (AvgIpc) is 2.90. The SMILES string of the molecule is NC(=Nc1ccc2c(=O)n(CCc3ccc(F)cc3)c(-c3ccccc3)nc2c1)N1CCNCC1. The van der Waals surface area contributed by atoms with Gasteiger partial charge in [-0.2, -0.15) is 0 Å². The Morgan fingerprint density at radius 1 is 1.03 bits per heavy atom. The van der Waals surface area contributed by atoms with Crippen molar-refractivity contribution in [3.8, 4) is 11.4 Å². The van der Waals surface area contributed by atoms with Gasteiger partial charge in [0.05, 0.1) is 16.6 Å². The average molecular weight is 471 g/mol. The van der Waals surface area contributed by atoms with Gasteiger partial charge in [-0.05, 0) is 42.3 Å². The highest BCUT2D eigenvalue weighted by Crippen LogP contribution is 2.23. The molecule has 178 valence electrons. The van der Waals surface area contributed by atoms with Crippen LogP contribution in [0.3, 0.4) is 0 Å². The zero-order chi connectivity index (χ0) is 24.2. The van der Waals surface area contributed by atoms with Crippen molar-refractivity contribution in [3.05, 3.63) is 94.5 Å². The van der Waals surface area contributed by atoms with Crippen LogP contribution >= 0.6 is 0 Å². The zero-order valence-electron chi connectivity index (χ0n) is 19.3. The Bertz CT molecular complexity index is 1410. The molecule has 0 atom stereocenters. The number of aryl methyl sites for hydroxylation is 1. The summed E-state index contributed by atoms with van der Waals surface area (Å²) in [6.07, 6.45) is 0.580. The van der Waals surface area contributed by atoms with E-state index in [9.17, 15) is 9.18 Å². The van der Waals surface area contributed by atoms with Crippen molar-refractivity contribution in [3.63, 3.8) is 0 Å². The molecular formula is C27H27FN6O. The molecule has 1 aliphatic rings. The minimum atomic E-state index is -0.278. The Morgan fingerprint density at radius 2 is 1.77 bits per heavy atom. The Morgan fingerprint density at radius 3 is 2.51 bits per heavy atom. The molecule has 35 heavy (non-hydrogen) atoms.